The average molecular weight is 172 g/mol. The van der Waals surface area contributed by atoms with E-state index in [1.165, 1.54) is 12.8 Å². The number of aromatic nitrogens is 4. The third-order valence-electron chi connectivity index (χ3n) is 1.45. The number of aryl methyl sites for hydroxylation is 1. The number of hydrogen-bond acceptors (Lipinski definition) is 4. The van der Waals surface area contributed by atoms with E-state index in [0.29, 0.717) is 0 Å². The molecule has 0 aliphatic heterocycles. The van der Waals surface area contributed by atoms with Crippen LogP contribution < -0.4 is 0 Å². The molecule has 0 atom stereocenters. The highest BCUT2D eigenvalue weighted by molar-refractivity contribution is 7.80. The van der Waals surface area contributed by atoms with Gasteiger partial charge in [-0.15, -0.1) is 10.2 Å². The molecule has 0 aromatic carbocycles. The van der Waals surface area contributed by atoms with E-state index in [1.807, 2.05) is 0 Å². The van der Waals surface area contributed by atoms with E-state index in [9.17, 15) is 0 Å². The van der Waals surface area contributed by atoms with Gasteiger partial charge in [-0.3, -0.25) is 0 Å². The van der Waals surface area contributed by atoms with Crippen molar-refractivity contribution in [2.75, 3.05) is 5.75 Å². The maximum absolute atomic E-state index is 4.12. The standard InChI is InChI=1S/C6H12N4S/c11-5-3-1-2-4-6-7-9-10-8-6/h11H,1-5H2,(H,7,8,9,10). The Labute approximate surface area is 71.2 Å². The topological polar surface area (TPSA) is 54.5 Å². The smallest absolute Gasteiger partial charge is 0.174 e. The van der Waals surface area contributed by atoms with Crippen molar-refractivity contribution in [3.8, 4) is 0 Å². The summed E-state index contributed by atoms with van der Waals surface area (Å²) in [6, 6.07) is 0. The highest BCUT2D eigenvalue weighted by Gasteiger charge is 1.96. The quantitative estimate of drug-likeness (QED) is 0.511. The van der Waals surface area contributed by atoms with Crippen LogP contribution in [-0.2, 0) is 6.42 Å². The first-order valence-corrected chi connectivity index (χ1v) is 4.40. The predicted molar refractivity (Wildman–Crippen MR) is 45.6 cm³/mol. The van der Waals surface area contributed by atoms with Crippen LogP contribution in [0.3, 0.4) is 0 Å². The largest absolute Gasteiger partial charge is 0.179 e. The Morgan fingerprint density at radius 2 is 2.18 bits per heavy atom. The number of unbranched alkanes of at least 4 members (excludes halogenated alkanes) is 2. The third kappa shape index (κ3) is 3.36. The Morgan fingerprint density at radius 1 is 1.27 bits per heavy atom. The summed E-state index contributed by atoms with van der Waals surface area (Å²) in [5, 5.41) is 13.6. The molecule has 0 saturated carbocycles. The Bertz CT molecular complexity index is 175. The second-order valence-corrected chi connectivity index (χ2v) is 2.81. The zero-order valence-electron chi connectivity index (χ0n) is 6.32. The molecule has 1 aromatic rings. The summed E-state index contributed by atoms with van der Waals surface area (Å²) >= 11 is 4.12. The molecule has 62 valence electrons. The van der Waals surface area contributed by atoms with Crippen LogP contribution in [0.15, 0.2) is 0 Å². The predicted octanol–water partition coefficient (Wildman–Crippen LogP) is 0.842. The lowest BCUT2D eigenvalue weighted by atomic mass is 10.2. The number of H-pyrrole nitrogens is 1. The fraction of sp³-hybridized carbons (Fsp3) is 0.833. The van der Waals surface area contributed by atoms with E-state index in [4.69, 9.17) is 0 Å². The lowest BCUT2D eigenvalue weighted by Crippen LogP contribution is -1.89. The van der Waals surface area contributed by atoms with E-state index in [-0.39, 0.29) is 0 Å². The zero-order valence-corrected chi connectivity index (χ0v) is 7.22. The number of tetrazole rings is 1. The van der Waals surface area contributed by atoms with Crippen molar-refractivity contribution in [3.63, 3.8) is 0 Å². The van der Waals surface area contributed by atoms with Gasteiger partial charge < -0.3 is 0 Å². The van der Waals surface area contributed by atoms with Gasteiger partial charge in [0.2, 0.25) is 0 Å². The molecule has 1 rings (SSSR count). The van der Waals surface area contributed by atoms with Gasteiger partial charge in [-0.25, -0.2) is 0 Å². The minimum absolute atomic E-state index is 0.809. The summed E-state index contributed by atoms with van der Waals surface area (Å²) in [7, 11) is 0. The molecule has 0 aliphatic carbocycles. The number of rotatable bonds is 5. The van der Waals surface area contributed by atoms with Gasteiger partial charge in [-0.2, -0.15) is 17.8 Å². The van der Waals surface area contributed by atoms with E-state index < -0.39 is 0 Å². The molecule has 4 nitrogen and oxygen atoms in total. The normalized spacial score (nSPS) is 10.3. The van der Waals surface area contributed by atoms with E-state index >= 15 is 0 Å². The first-order valence-electron chi connectivity index (χ1n) is 3.76. The fourth-order valence-electron chi connectivity index (χ4n) is 0.860. The molecule has 0 saturated heterocycles. The molecule has 0 spiro atoms. The van der Waals surface area contributed by atoms with E-state index in [2.05, 4.69) is 33.3 Å². The van der Waals surface area contributed by atoms with Crippen LogP contribution in [0.1, 0.15) is 25.1 Å². The molecule has 11 heavy (non-hydrogen) atoms. The number of hydrogen-bond donors (Lipinski definition) is 2. The van der Waals surface area contributed by atoms with Crippen molar-refractivity contribution < 1.29 is 0 Å². The Hall–Kier alpha value is -0.580. The molecule has 0 aliphatic rings. The monoisotopic (exact) mass is 172 g/mol. The van der Waals surface area contributed by atoms with Crippen LogP contribution in [0, 0.1) is 0 Å². The van der Waals surface area contributed by atoms with Crippen LogP contribution >= 0.6 is 12.6 Å². The van der Waals surface area contributed by atoms with Gasteiger partial charge in [-0.05, 0) is 18.6 Å². The molecule has 0 unspecified atom stereocenters. The van der Waals surface area contributed by atoms with Crippen LogP contribution in [0.4, 0.5) is 0 Å². The van der Waals surface area contributed by atoms with Crippen LogP contribution in [0.5, 0.6) is 0 Å². The molecule has 0 radical (unpaired) electrons. The Balaban J connectivity index is 2.04. The second kappa shape index (κ2) is 5.12. The first-order chi connectivity index (χ1) is 5.43. The highest BCUT2D eigenvalue weighted by atomic mass is 32.1. The van der Waals surface area contributed by atoms with E-state index in [0.717, 1.165) is 24.4 Å². The summed E-state index contributed by atoms with van der Waals surface area (Å²) in [5.41, 5.74) is 0. The van der Waals surface area contributed by atoms with Crippen molar-refractivity contribution in [2.24, 2.45) is 0 Å². The van der Waals surface area contributed by atoms with Crippen molar-refractivity contribution in [1.82, 2.24) is 20.6 Å². The van der Waals surface area contributed by atoms with Gasteiger partial charge >= 0.3 is 0 Å². The number of aromatic amines is 1. The van der Waals surface area contributed by atoms with Gasteiger partial charge in [0.15, 0.2) is 5.82 Å². The lowest BCUT2D eigenvalue weighted by molar-refractivity contribution is 0.699. The average Bonchev–Trinajstić information content (AvgIpc) is 2.50. The van der Waals surface area contributed by atoms with Crippen molar-refractivity contribution in [2.45, 2.75) is 25.7 Å². The molecule has 5 heteroatoms. The SMILES string of the molecule is SCCCCCc1nn[nH]n1. The Morgan fingerprint density at radius 3 is 2.82 bits per heavy atom. The summed E-state index contributed by atoms with van der Waals surface area (Å²) in [4.78, 5) is 0. The minimum atomic E-state index is 0.809. The van der Waals surface area contributed by atoms with Crippen LogP contribution in [0.2, 0.25) is 0 Å². The molecule has 0 amide bonds. The van der Waals surface area contributed by atoms with Crippen LogP contribution in [-0.4, -0.2) is 26.4 Å². The maximum Gasteiger partial charge on any atom is 0.174 e. The summed E-state index contributed by atoms with van der Waals surface area (Å²) < 4.78 is 0. The second-order valence-electron chi connectivity index (χ2n) is 2.36. The summed E-state index contributed by atoms with van der Waals surface area (Å²) in [6.45, 7) is 0. The van der Waals surface area contributed by atoms with Crippen molar-refractivity contribution in [3.05, 3.63) is 5.82 Å². The lowest BCUT2D eigenvalue weighted by Gasteiger charge is -1.93. The Kier molecular flexibility index (Phi) is 3.96. The summed E-state index contributed by atoms with van der Waals surface area (Å²) in [6.07, 6.45) is 4.41. The van der Waals surface area contributed by atoms with Gasteiger partial charge in [0.05, 0.1) is 0 Å². The molecular formula is C6H12N4S. The van der Waals surface area contributed by atoms with Gasteiger partial charge in [-0.1, -0.05) is 11.6 Å². The fourth-order valence-corrected chi connectivity index (χ4v) is 1.08. The number of thiol groups is 1. The molecule has 0 fully saturated rings. The summed E-state index contributed by atoms with van der Waals surface area (Å²) in [5.74, 6) is 1.77. The van der Waals surface area contributed by atoms with Gasteiger partial charge in [0.1, 0.15) is 0 Å². The third-order valence-corrected chi connectivity index (χ3v) is 1.76. The number of nitrogens with zero attached hydrogens (tertiary/aromatic N) is 3. The first kappa shape index (κ1) is 8.52. The molecule has 1 heterocycles. The molecule has 0 bridgehead atoms. The maximum atomic E-state index is 4.12. The van der Waals surface area contributed by atoms with Crippen molar-refractivity contribution >= 4 is 12.6 Å². The highest BCUT2D eigenvalue weighted by Crippen LogP contribution is 2.00. The zero-order chi connectivity index (χ0) is 7.94. The van der Waals surface area contributed by atoms with Gasteiger partial charge in [0, 0.05) is 6.42 Å². The van der Waals surface area contributed by atoms with Crippen molar-refractivity contribution in [1.29, 1.82) is 0 Å². The van der Waals surface area contributed by atoms with E-state index in [1.54, 1.807) is 0 Å². The molecule has 1 N–H and O–H groups in total. The minimum Gasteiger partial charge on any atom is -0.179 e. The molecular weight excluding hydrogens is 160 g/mol. The van der Waals surface area contributed by atoms with Crippen LogP contribution in [0.25, 0.3) is 0 Å². The number of nitrogens with one attached hydrogen (secondary N) is 1. The van der Waals surface area contributed by atoms with Gasteiger partial charge in [0.25, 0.3) is 0 Å². The molecule has 1 aromatic heterocycles.